The molecule has 2 aliphatic heterocycles. The summed E-state index contributed by atoms with van der Waals surface area (Å²) in [6, 6.07) is 37.2. The molecule has 36 heavy (non-hydrogen) atoms. The number of aromatic nitrogens is 1. The maximum absolute atomic E-state index is 6.29. The summed E-state index contributed by atoms with van der Waals surface area (Å²) in [5.74, 6) is 1.79. The average molecular weight is 647 g/mol. The molecule has 0 saturated carbocycles. The Kier molecular flexibility index (Phi) is 6.77. The standard InChI is InChI=1S/C20H16N2O.C11H8N.Ir/c1-13(2)21-12-22-17-11-10-14-6-3-4-7-15(14)20(17)23-18-9-5-8-16(21)19(18)22;1-2-6-10(7-3-1)11-8-4-5-9-12-11;/h3-10,12-13H,1-2H3;1-6,8-9H;/q-2;-1;+3. The van der Waals surface area contributed by atoms with Gasteiger partial charge in [0.25, 0.3) is 0 Å². The second-order valence-corrected chi connectivity index (χ2v) is 8.76. The molecule has 2 aliphatic rings. The fourth-order valence-corrected chi connectivity index (χ4v) is 4.50. The summed E-state index contributed by atoms with van der Waals surface area (Å²) >= 11 is 0. The van der Waals surface area contributed by atoms with Gasteiger partial charge in [0.1, 0.15) is 5.75 Å². The summed E-state index contributed by atoms with van der Waals surface area (Å²) in [7, 11) is 0. The maximum Gasteiger partial charge on any atom is 3.00 e. The smallest absolute Gasteiger partial charge is 0.512 e. The van der Waals surface area contributed by atoms with E-state index in [1.54, 1.807) is 6.20 Å². The Morgan fingerprint density at radius 3 is 2.50 bits per heavy atom. The normalized spacial score (nSPS) is 12.8. The minimum absolute atomic E-state index is 0. The fraction of sp³-hybridized carbons (Fsp3) is 0.0968. The molecule has 0 unspecified atom stereocenters. The monoisotopic (exact) mass is 647 g/mol. The van der Waals surface area contributed by atoms with Crippen molar-refractivity contribution in [1.29, 1.82) is 0 Å². The van der Waals surface area contributed by atoms with Crippen LogP contribution in [0, 0.1) is 18.8 Å². The first kappa shape index (κ1) is 24.1. The molecule has 0 amide bonds. The topological polar surface area (TPSA) is 28.6 Å². The van der Waals surface area contributed by atoms with E-state index >= 15 is 0 Å². The number of para-hydroxylation sites is 1. The molecule has 3 heterocycles. The largest absolute Gasteiger partial charge is 3.00 e. The number of nitrogens with zero attached hydrogens (tertiary/aromatic N) is 3. The third-order valence-electron chi connectivity index (χ3n) is 6.18. The van der Waals surface area contributed by atoms with Gasteiger partial charge < -0.3 is 19.5 Å². The maximum atomic E-state index is 6.29. The van der Waals surface area contributed by atoms with Crippen LogP contribution in [0.5, 0.6) is 11.5 Å². The van der Waals surface area contributed by atoms with Crippen LogP contribution in [0.2, 0.25) is 0 Å². The number of ether oxygens (including phenoxy) is 1. The Hall–Kier alpha value is -3.66. The van der Waals surface area contributed by atoms with Gasteiger partial charge in [0.05, 0.1) is 5.69 Å². The molecule has 0 fully saturated rings. The van der Waals surface area contributed by atoms with Gasteiger partial charge in [0.15, 0.2) is 0 Å². The first-order chi connectivity index (χ1) is 17.2. The molecule has 0 atom stereocenters. The van der Waals surface area contributed by atoms with Crippen LogP contribution in [0.4, 0.5) is 17.1 Å². The van der Waals surface area contributed by atoms with E-state index in [0.717, 1.165) is 44.9 Å². The first-order valence-electron chi connectivity index (χ1n) is 11.8. The van der Waals surface area contributed by atoms with Crippen molar-refractivity contribution in [3.8, 4) is 22.8 Å². The molecule has 178 valence electrons. The Balaban J connectivity index is 0.000000175. The summed E-state index contributed by atoms with van der Waals surface area (Å²) in [4.78, 5) is 8.70. The van der Waals surface area contributed by atoms with Crippen molar-refractivity contribution in [3.63, 3.8) is 0 Å². The third kappa shape index (κ3) is 4.26. The zero-order valence-electron chi connectivity index (χ0n) is 20.0. The van der Waals surface area contributed by atoms with Crippen molar-refractivity contribution < 1.29 is 24.8 Å². The third-order valence-corrected chi connectivity index (χ3v) is 6.18. The molecule has 0 N–H and O–H groups in total. The fourth-order valence-electron chi connectivity index (χ4n) is 4.50. The van der Waals surface area contributed by atoms with E-state index in [4.69, 9.17) is 4.74 Å². The molecule has 0 aliphatic carbocycles. The summed E-state index contributed by atoms with van der Waals surface area (Å²) in [5.41, 5.74) is 5.29. The Bertz CT molecular complexity index is 1450. The van der Waals surface area contributed by atoms with E-state index in [-0.39, 0.29) is 20.1 Å². The predicted octanol–water partition coefficient (Wildman–Crippen LogP) is 7.78. The second kappa shape index (κ2) is 10.1. The van der Waals surface area contributed by atoms with E-state index in [2.05, 4.69) is 71.7 Å². The zero-order chi connectivity index (χ0) is 23.8. The van der Waals surface area contributed by atoms with Crippen LogP contribution < -0.4 is 14.5 Å². The van der Waals surface area contributed by atoms with Crippen LogP contribution in [-0.4, -0.2) is 11.0 Å². The van der Waals surface area contributed by atoms with Gasteiger partial charge in [-0.15, -0.1) is 47.3 Å². The van der Waals surface area contributed by atoms with Crippen molar-refractivity contribution in [3.05, 3.63) is 116 Å². The number of hydrogen-bond donors (Lipinski definition) is 0. The molecule has 0 radical (unpaired) electrons. The van der Waals surface area contributed by atoms with E-state index in [9.17, 15) is 0 Å². The molecule has 0 saturated heterocycles. The number of anilines is 3. The molecule has 7 rings (SSSR count). The van der Waals surface area contributed by atoms with Gasteiger partial charge in [-0.25, -0.2) is 0 Å². The average Bonchev–Trinajstić information content (AvgIpc) is 3.32. The Morgan fingerprint density at radius 1 is 0.889 bits per heavy atom. The van der Waals surface area contributed by atoms with Crippen molar-refractivity contribution in [2.45, 2.75) is 19.9 Å². The second-order valence-electron chi connectivity index (χ2n) is 8.76. The van der Waals surface area contributed by atoms with Gasteiger partial charge in [0.2, 0.25) is 0 Å². The summed E-state index contributed by atoms with van der Waals surface area (Å²) in [5, 5.41) is 2.26. The molecule has 1 aromatic heterocycles. The van der Waals surface area contributed by atoms with Crippen LogP contribution in [0.25, 0.3) is 22.0 Å². The molecule has 5 aromatic rings. The predicted molar refractivity (Wildman–Crippen MR) is 142 cm³/mol. The number of fused-ring (bicyclic) bond motifs is 4. The minimum Gasteiger partial charge on any atom is -0.512 e. The van der Waals surface area contributed by atoms with Crippen molar-refractivity contribution >= 4 is 27.8 Å². The van der Waals surface area contributed by atoms with E-state index in [1.807, 2.05) is 66.7 Å². The van der Waals surface area contributed by atoms with Gasteiger partial charge in [-0.05, 0) is 43.8 Å². The molecular weight excluding hydrogens is 623 g/mol. The molecular formula is C31H24IrN3O. The van der Waals surface area contributed by atoms with Crippen LogP contribution in [0.15, 0.2) is 97.2 Å². The Morgan fingerprint density at radius 2 is 1.72 bits per heavy atom. The van der Waals surface area contributed by atoms with Gasteiger partial charge in [0, 0.05) is 17.6 Å². The minimum atomic E-state index is 0. The molecule has 4 aromatic carbocycles. The summed E-state index contributed by atoms with van der Waals surface area (Å²) < 4.78 is 6.29. The van der Waals surface area contributed by atoms with E-state index in [0.29, 0.717) is 6.04 Å². The summed E-state index contributed by atoms with van der Waals surface area (Å²) in [6.07, 6.45) is 1.79. The quantitative estimate of drug-likeness (QED) is 0.183. The zero-order valence-corrected chi connectivity index (χ0v) is 22.4. The van der Waals surface area contributed by atoms with Crippen LogP contribution in [0.1, 0.15) is 13.8 Å². The molecule has 0 bridgehead atoms. The van der Waals surface area contributed by atoms with Crippen molar-refractivity contribution in [2.75, 3.05) is 9.80 Å². The number of rotatable bonds is 2. The van der Waals surface area contributed by atoms with Crippen molar-refractivity contribution in [2.24, 2.45) is 0 Å². The van der Waals surface area contributed by atoms with E-state index < -0.39 is 0 Å². The molecule has 0 spiro atoms. The van der Waals surface area contributed by atoms with E-state index in [1.165, 1.54) is 5.69 Å². The van der Waals surface area contributed by atoms with Gasteiger partial charge in [-0.3, -0.25) is 0 Å². The molecule has 5 heteroatoms. The van der Waals surface area contributed by atoms with Gasteiger partial charge >= 0.3 is 20.1 Å². The molecule has 4 nitrogen and oxygen atoms in total. The summed E-state index contributed by atoms with van der Waals surface area (Å²) in [6.45, 7) is 6.55. The van der Waals surface area contributed by atoms with Gasteiger partial charge in [-0.1, -0.05) is 47.5 Å². The van der Waals surface area contributed by atoms with Gasteiger partial charge in [-0.2, -0.15) is 18.8 Å². The van der Waals surface area contributed by atoms with Crippen LogP contribution >= 0.6 is 0 Å². The van der Waals surface area contributed by atoms with Crippen molar-refractivity contribution in [1.82, 2.24) is 4.98 Å². The number of benzene rings is 4. The first-order valence-corrected chi connectivity index (χ1v) is 11.8. The Labute approximate surface area is 225 Å². The van der Waals surface area contributed by atoms with Crippen LogP contribution in [0.3, 0.4) is 0 Å². The van der Waals surface area contributed by atoms with Crippen LogP contribution in [-0.2, 0) is 20.1 Å². The number of hydrogen-bond acceptors (Lipinski definition) is 4. The number of pyridine rings is 1. The SMILES string of the molecule is CC(C)N1[CH-]N2c3[c-]cc4ccccc4c3Oc3cccc1c32.[Ir+3].[c-]1ccccc1-c1ccccn1.